The molecule has 1 aliphatic carbocycles. The average molecular weight is 381 g/mol. The van der Waals surface area contributed by atoms with E-state index in [4.69, 9.17) is 9.47 Å². The van der Waals surface area contributed by atoms with Gasteiger partial charge in [0.2, 0.25) is 6.79 Å². The molecule has 1 heterocycles. The summed E-state index contributed by atoms with van der Waals surface area (Å²) in [5.41, 5.74) is 0.519. The Bertz CT molecular complexity index is 852. The van der Waals surface area contributed by atoms with Crippen molar-refractivity contribution < 1.29 is 27.0 Å². The van der Waals surface area contributed by atoms with Crippen LogP contribution in [0.1, 0.15) is 29.0 Å². The van der Waals surface area contributed by atoms with E-state index in [-0.39, 0.29) is 18.6 Å². The van der Waals surface area contributed by atoms with Crippen molar-refractivity contribution in [2.75, 3.05) is 20.4 Å². The third-order valence-corrected chi connectivity index (χ3v) is 5.09. The van der Waals surface area contributed by atoms with E-state index >= 15 is 0 Å². The van der Waals surface area contributed by atoms with Crippen LogP contribution in [0.2, 0.25) is 0 Å². The van der Waals surface area contributed by atoms with Crippen LogP contribution in [0.4, 0.5) is 17.6 Å². The van der Waals surface area contributed by atoms with Crippen molar-refractivity contribution >= 4 is 0 Å². The lowest BCUT2D eigenvalue weighted by molar-refractivity contribution is -0.137. The summed E-state index contributed by atoms with van der Waals surface area (Å²) in [6, 6.07) is 8.64. The van der Waals surface area contributed by atoms with Crippen LogP contribution in [0.25, 0.3) is 0 Å². The first-order valence-electron chi connectivity index (χ1n) is 8.75. The molecule has 1 fully saturated rings. The van der Waals surface area contributed by atoms with Gasteiger partial charge in [-0.2, -0.15) is 13.2 Å². The minimum Gasteiger partial charge on any atom is -0.454 e. The van der Waals surface area contributed by atoms with Gasteiger partial charge < -0.3 is 14.4 Å². The van der Waals surface area contributed by atoms with Gasteiger partial charge in [-0.3, -0.25) is 0 Å². The maximum absolute atomic E-state index is 14.1. The predicted octanol–water partition coefficient (Wildman–Crippen LogP) is 4.81. The molecule has 1 aliphatic heterocycles. The second-order valence-electron chi connectivity index (χ2n) is 7.22. The van der Waals surface area contributed by atoms with Gasteiger partial charge in [0.05, 0.1) is 5.56 Å². The van der Waals surface area contributed by atoms with Crippen molar-refractivity contribution in [1.29, 1.82) is 0 Å². The summed E-state index contributed by atoms with van der Waals surface area (Å²) in [6.07, 6.45) is -3.74. The Morgan fingerprint density at radius 3 is 2.59 bits per heavy atom. The van der Waals surface area contributed by atoms with E-state index < -0.39 is 17.6 Å². The number of fused-ring (bicyclic) bond motifs is 1. The van der Waals surface area contributed by atoms with Gasteiger partial charge in [0.25, 0.3) is 0 Å². The van der Waals surface area contributed by atoms with E-state index in [9.17, 15) is 17.6 Å². The Morgan fingerprint density at radius 2 is 1.85 bits per heavy atom. The Balaban J connectivity index is 1.35. The molecule has 3 nitrogen and oxygen atoms in total. The van der Waals surface area contributed by atoms with Crippen molar-refractivity contribution in [3.8, 4) is 11.5 Å². The summed E-state index contributed by atoms with van der Waals surface area (Å²) in [4.78, 5) is 2.13. The summed E-state index contributed by atoms with van der Waals surface area (Å²) in [6.45, 7) is 1.69. The van der Waals surface area contributed by atoms with Crippen LogP contribution in [-0.4, -0.2) is 25.3 Å². The highest BCUT2D eigenvalue weighted by Gasteiger charge is 2.41. The molecule has 0 unspecified atom stereocenters. The van der Waals surface area contributed by atoms with Gasteiger partial charge in [-0.15, -0.1) is 0 Å². The van der Waals surface area contributed by atoms with Crippen molar-refractivity contribution in [2.24, 2.45) is 5.92 Å². The fourth-order valence-corrected chi connectivity index (χ4v) is 3.65. The molecule has 2 aromatic carbocycles. The molecule has 0 saturated heterocycles. The van der Waals surface area contributed by atoms with Crippen LogP contribution in [0.5, 0.6) is 11.5 Å². The molecule has 7 heteroatoms. The highest BCUT2D eigenvalue weighted by atomic mass is 19.4. The van der Waals surface area contributed by atoms with Gasteiger partial charge in [-0.1, -0.05) is 12.1 Å². The minimum absolute atomic E-state index is 0.0218. The lowest BCUT2D eigenvalue weighted by Crippen LogP contribution is -2.21. The zero-order valence-electron chi connectivity index (χ0n) is 14.7. The van der Waals surface area contributed by atoms with Crippen molar-refractivity contribution in [3.63, 3.8) is 0 Å². The number of ether oxygens (including phenoxy) is 2. The van der Waals surface area contributed by atoms with Crippen LogP contribution in [0, 0.1) is 11.7 Å². The fraction of sp³-hybridized carbons (Fsp3) is 0.400. The summed E-state index contributed by atoms with van der Waals surface area (Å²) in [5.74, 6) is 0.927. The topological polar surface area (TPSA) is 21.7 Å². The first-order valence-corrected chi connectivity index (χ1v) is 8.75. The van der Waals surface area contributed by atoms with Crippen LogP contribution in [0.3, 0.4) is 0 Å². The first kappa shape index (κ1) is 18.1. The second-order valence-corrected chi connectivity index (χ2v) is 7.22. The zero-order chi connectivity index (χ0) is 19.2. The van der Waals surface area contributed by atoms with Gasteiger partial charge in [0.15, 0.2) is 11.5 Å². The van der Waals surface area contributed by atoms with Crippen molar-refractivity contribution in [1.82, 2.24) is 4.90 Å². The van der Waals surface area contributed by atoms with Gasteiger partial charge in [-0.25, -0.2) is 4.39 Å². The molecule has 0 bridgehead atoms. The standard InChI is InChI=1S/C20H19F4NO2/c1-25(9-12-2-5-18-19(6-12)27-11-26-18)10-13-7-16(13)15-4-3-14(8-17(15)21)20(22,23)24/h2-6,8,13,16H,7,9-11H2,1H3/t13-,16+/m0/s1. The number of hydrogen-bond acceptors (Lipinski definition) is 3. The number of hydrogen-bond donors (Lipinski definition) is 0. The molecule has 144 valence electrons. The van der Waals surface area contributed by atoms with Gasteiger partial charge in [-0.05, 0) is 60.7 Å². The normalized spacial score (nSPS) is 21.0. The monoisotopic (exact) mass is 381 g/mol. The molecule has 4 rings (SSSR count). The van der Waals surface area contributed by atoms with E-state index in [1.807, 2.05) is 25.2 Å². The van der Waals surface area contributed by atoms with E-state index in [0.29, 0.717) is 18.2 Å². The smallest absolute Gasteiger partial charge is 0.416 e. The van der Waals surface area contributed by atoms with Crippen LogP contribution < -0.4 is 9.47 Å². The SMILES string of the molecule is CN(Cc1ccc2c(c1)OCO2)C[C@@H]1C[C@H]1c1ccc(C(F)(F)F)cc1F. The molecule has 2 atom stereocenters. The average Bonchev–Trinajstić information content (AvgIpc) is 3.17. The Morgan fingerprint density at radius 1 is 1.07 bits per heavy atom. The molecule has 0 amide bonds. The maximum Gasteiger partial charge on any atom is 0.416 e. The molecule has 27 heavy (non-hydrogen) atoms. The summed E-state index contributed by atoms with van der Waals surface area (Å²) in [7, 11) is 1.98. The number of halogens is 4. The van der Waals surface area contributed by atoms with E-state index in [0.717, 1.165) is 36.1 Å². The number of benzene rings is 2. The first-order chi connectivity index (χ1) is 12.8. The van der Waals surface area contributed by atoms with E-state index in [1.165, 1.54) is 6.07 Å². The summed E-state index contributed by atoms with van der Waals surface area (Å²) in [5, 5.41) is 0. The largest absolute Gasteiger partial charge is 0.454 e. The molecule has 2 aromatic rings. The highest BCUT2D eigenvalue weighted by molar-refractivity contribution is 5.44. The molecular weight excluding hydrogens is 362 g/mol. The maximum atomic E-state index is 14.1. The number of nitrogens with zero attached hydrogens (tertiary/aromatic N) is 1. The fourth-order valence-electron chi connectivity index (χ4n) is 3.65. The van der Waals surface area contributed by atoms with Gasteiger partial charge >= 0.3 is 6.18 Å². The van der Waals surface area contributed by atoms with Crippen LogP contribution >= 0.6 is 0 Å². The quantitative estimate of drug-likeness (QED) is 0.694. The molecule has 2 aliphatic rings. The van der Waals surface area contributed by atoms with Gasteiger partial charge in [0, 0.05) is 13.1 Å². The van der Waals surface area contributed by atoms with Gasteiger partial charge in [0.1, 0.15) is 5.82 Å². The number of alkyl halides is 3. The molecular formula is C20H19F4NO2. The number of rotatable bonds is 5. The zero-order valence-corrected chi connectivity index (χ0v) is 14.7. The van der Waals surface area contributed by atoms with Crippen molar-refractivity contribution in [2.45, 2.75) is 25.1 Å². The van der Waals surface area contributed by atoms with Crippen LogP contribution in [0.15, 0.2) is 36.4 Å². The second kappa shape index (κ2) is 6.71. The molecule has 0 spiro atoms. The minimum atomic E-state index is -4.52. The molecule has 0 N–H and O–H groups in total. The molecule has 0 aromatic heterocycles. The van der Waals surface area contributed by atoms with Crippen LogP contribution in [-0.2, 0) is 12.7 Å². The highest BCUT2D eigenvalue weighted by Crippen LogP contribution is 2.49. The Labute approximate surface area is 154 Å². The lowest BCUT2D eigenvalue weighted by Gasteiger charge is -2.17. The molecule has 0 radical (unpaired) electrons. The Hall–Kier alpha value is -2.28. The summed E-state index contributed by atoms with van der Waals surface area (Å²) >= 11 is 0. The van der Waals surface area contributed by atoms with E-state index in [2.05, 4.69) is 4.90 Å². The van der Waals surface area contributed by atoms with E-state index in [1.54, 1.807) is 0 Å². The Kier molecular flexibility index (Phi) is 4.50. The predicted molar refractivity (Wildman–Crippen MR) is 91.1 cm³/mol. The molecule has 1 saturated carbocycles. The third-order valence-electron chi connectivity index (χ3n) is 5.09. The summed E-state index contributed by atoms with van der Waals surface area (Å²) < 4.78 is 62.8. The third kappa shape index (κ3) is 3.88. The lowest BCUT2D eigenvalue weighted by atomic mass is 10.1. The van der Waals surface area contributed by atoms with Crippen molar-refractivity contribution in [3.05, 3.63) is 58.9 Å².